The summed E-state index contributed by atoms with van der Waals surface area (Å²) < 4.78 is 6.13. The molecule has 0 amide bonds. The second-order valence-corrected chi connectivity index (χ2v) is 4.95. The molecule has 1 saturated carbocycles. The van der Waals surface area contributed by atoms with Crippen LogP contribution in [0.4, 0.5) is 0 Å². The van der Waals surface area contributed by atoms with Crippen molar-refractivity contribution < 1.29 is 4.74 Å². The third-order valence-corrected chi connectivity index (χ3v) is 3.68. The predicted octanol–water partition coefficient (Wildman–Crippen LogP) is 2.65. The van der Waals surface area contributed by atoms with Crippen LogP contribution in [0.1, 0.15) is 44.1 Å². The summed E-state index contributed by atoms with van der Waals surface area (Å²) in [5.74, 6) is 0. The SMILES string of the molecule is NCC1(OCc2ccncc2)CCCCCC1. The van der Waals surface area contributed by atoms with Crippen LogP contribution in [-0.4, -0.2) is 17.1 Å². The van der Waals surface area contributed by atoms with Gasteiger partial charge in [-0.3, -0.25) is 4.98 Å². The first-order valence-electron chi connectivity index (χ1n) is 6.58. The first kappa shape index (κ1) is 12.5. The Bertz CT molecular complexity index is 318. The summed E-state index contributed by atoms with van der Waals surface area (Å²) in [6, 6.07) is 4.00. The number of aromatic nitrogens is 1. The van der Waals surface area contributed by atoms with E-state index >= 15 is 0 Å². The van der Waals surface area contributed by atoms with Crippen molar-refractivity contribution in [2.75, 3.05) is 6.54 Å². The van der Waals surface area contributed by atoms with Crippen LogP contribution >= 0.6 is 0 Å². The van der Waals surface area contributed by atoms with Crippen LogP contribution < -0.4 is 5.73 Å². The molecule has 0 atom stereocenters. The molecule has 3 nitrogen and oxygen atoms in total. The van der Waals surface area contributed by atoms with Crippen molar-refractivity contribution in [2.24, 2.45) is 5.73 Å². The third-order valence-electron chi connectivity index (χ3n) is 3.68. The Kier molecular flexibility index (Phi) is 4.51. The molecule has 94 valence electrons. The molecule has 1 fully saturated rings. The molecule has 2 N–H and O–H groups in total. The lowest BCUT2D eigenvalue weighted by atomic mass is 9.94. The number of nitrogens with zero attached hydrogens (tertiary/aromatic N) is 1. The van der Waals surface area contributed by atoms with Gasteiger partial charge in [-0.15, -0.1) is 0 Å². The lowest BCUT2D eigenvalue weighted by Gasteiger charge is -2.31. The van der Waals surface area contributed by atoms with Gasteiger partial charge in [0.15, 0.2) is 0 Å². The van der Waals surface area contributed by atoms with E-state index in [1.807, 2.05) is 12.1 Å². The Labute approximate surface area is 103 Å². The molecule has 1 aromatic rings. The summed E-state index contributed by atoms with van der Waals surface area (Å²) in [6.45, 7) is 1.29. The molecule has 1 aliphatic carbocycles. The Morgan fingerprint density at radius 2 is 1.76 bits per heavy atom. The summed E-state index contributed by atoms with van der Waals surface area (Å²) in [4.78, 5) is 4.01. The van der Waals surface area contributed by atoms with Gasteiger partial charge in [-0.1, -0.05) is 25.7 Å². The van der Waals surface area contributed by atoms with E-state index in [2.05, 4.69) is 4.98 Å². The van der Waals surface area contributed by atoms with E-state index in [9.17, 15) is 0 Å². The Morgan fingerprint density at radius 1 is 1.12 bits per heavy atom. The van der Waals surface area contributed by atoms with Crippen LogP contribution in [0.15, 0.2) is 24.5 Å². The highest BCUT2D eigenvalue weighted by molar-refractivity contribution is 5.08. The highest BCUT2D eigenvalue weighted by Gasteiger charge is 2.30. The monoisotopic (exact) mass is 234 g/mol. The molecule has 0 unspecified atom stereocenters. The lowest BCUT2D eigenvalue weighted by Crippen LogP contribution is -2.40. The van der Waals surface area contributed by atoms with Crippen molar-refractivity contribution in [2.45, 2.75) is 50.7 Å². The fourth-order valence-electron chi connectivity index (χ4n) is 2.50. The molecular formula is C14H22N2O. The molecule has 0 aliphatic heterocycles. The quantitative estimate of drug-likeness (QED) is 0.815. The summed E-state index contributed by atoms with van der Waals surface area (Å²) in [5.41, 5.74) is 7.03. The van der Waals surface area contributed by atoms with E-state index in [0.717, 1.165) is 12.8 Å². The van der Waals surface area contributed by atoms with Crippen molar-refractivity contribution in [3.63, 3.8) is 0 Å². The fourth-order valence-corrected chi connectivity index (χ4v) is 2.50. The van der Waals surface area contributed by atoms with Gasteiger partial charge in [0.2, 0.25) is 0 Å². The predicted molar refractivity (Wildman–Crippen MR) is 68.5 cm³/mol. The topological polar surface area (TPSA) is 48.1 Å². The minimum Gasteiger partial charge on any atom is -0.369 e. The first-order valence-corrected chi connectivity index (χ1v) is 6.58. The van der Waals surface area contributed by atoms with E-state index in [1.54, 1.807) is 12.4 Å². The van der Waals surface area contributed by atoms with Gasteiger partial charge < -0.3 is 10.5 Å². The van der Waals surface area contributed by atoms with Gasteiger partial charge in [-0.2, -0.15) is 0 Å². The highest BCUT2D eigenvalue weighted by Crippen LogP contribution is 2.30. The van der Waals surface area contributed by atoms with E-state index in [1.165, 1.54) is 31.2 Å². The van der Waals surface area contributed by atoms with E-state index < -0.39 is 0 Å². The second kappa shape index (κ2) is 6.12. The maximum absolute atomic E-state index is 6.13. The minimum atomic E-state index is -0.0836. The average Bonchev–Trinajstić information content (AvgIpc) is 2.64. The van der Waals surface area contributed by atoms with Gasteiger partial charge >= 0.3 is 0 Å². The number of ether oxygens (including phenoxy) is 1. The zero-order valence-electron chi connectivity index (χ0n) is 10.4. The van der Waals surface area contributed by atoms with Crippen molar-refractivity contribution in [1.29, 1.82) is 0 Å². The number of rotatable bonds is 4. The van der Waals surface area contributed by atoms with Crippen molar-refractivity contribution in [1.82, 2.24) is 4.98 Å². The zero-order valence-corrected chi connectivity index (χ0v) is 10.4. The molecule has 0 saturated heterocycles. The molecule has 3 heteroatoms. The van der Waals surface area contributed by atoms with Gasteiger partial charge in [-0.25, -0.2) is 0 Å². The number of hydrogen-bond donors (Lipinski definition) is 1. The summed E-state index contributed by atoms with van der Waals surface area (Å²) >= 11 is 0. The molecule has 0 spiro atoms. The van der Waals surface area contributed by atoms with Crippen LogP contribution in [0, 0.1) is 0 Å². The van der Waals surface area contributed by atoms with Crippen molar-refractivity contribution in [3.8, 4) is 0 Å². The van der Waals surface area contributed by atoms with Gasteiger partial charge in [0, 0.05) is 18.9 Å². The number of pyridine rings is 1. The standard InChI is InChI=1S/C14H22N2O/c15-12-14(7-3-1-2-4-8-14)17-11-13-5-9-16-10-6-13/h5-6,9-10H,1-4,7-8,11-12,15H2. The minimum absolute atomic E-state index is 0.0836. The average molecular weight is 234 g/mol. The van der Waals surface area contributed by atoms with Gasteiger partial charge in [0.1, 0.15) is 0 Å². The van der Waals surface area contributed by atoms with Crippen LogP contribution in [0.3, 0.4) is 0 Å². The Morgan fingerprint density at radius 3 is 2.35 bits per heavy atom. The Balaban J connectivity index is 1.94. The maximum atomic E-state index is 6.13. The van der Waals surface area contributed by atoms with Gasteiger partial charge in [0.25, 0.3) is 0 Å². The van der Waals surface area contributed by atoms with Gasteiger partial charge in [0.05, 0.1) is 12.2 Å². The van der Waals surface area contributed by atoms with Crippen LogP contribution in [0.25, 0.3) is 0 Å². The molecule has 0 aromatic carbocycles. The van der Waals surface area contributed by atoms with E-state index in [0.29, 0.717) is 13.2 Å². The summed E-state index contributed by atoms with van der Waals surface area (Å²) in [5, 5.41) is 0. The van der Waals surface area contributed by atoms with Crippen LogP contribution in [-0.2, 0) is 11.3 Å². The number of hydrogen-bond acceptors (Lipinski definition) is 3. The molecule has 2 rings (SSSR count). The van der Waals surface area contributed by atoms with Crippen molar-refractivity contribution >= 4 is 0 Å². The summed E-state index contributed by atoms with van der Waals surface area (Å²) in [6.07, 6.45) is 11.0. The molecule has 1 heterocycles. The second-order valence-electron chi connectivity index (χ2n) is 4.95. The van der Waals surface area contributed by atoms with Crippen LogP contribution in [0.2, 0.25) is 0 Å². The third kappa shape index (κ3) is 3.51. The van der Waals surface area contributed by atoms with Crippen molar-refractivity contribution in [3.05, 3.63) is 30.1 Å². The molecule has 0 bridgehead atoms. The zero-order chi connectivity index (χ0) is 12.0. The summed E-state index contributed by atoms with van der Waals surface area (Å²) in [7, 11) is 0. The maximum Gasteiger partial charge on any atom is 0.0808 e. The normalized spacial score (nSPS) is 19.8. The first-order chi connectivity index (χ1) is 8.35. The molecule has 17 heavy (non-hydrogen) atoms. The molecule has 0 radical (unpaired) electrons. The Hall–Kier alpha value is -0.930. The van der Waals surface area contributed by atoms with Gasteiger partial charge in [-0.05, 0) is 30.5 Å². The molecular weight excluding hydrogens is 212 g/mol. The van der Waals surface area contributed by atoms with E-state index in [4.69, 9.17) is 10.5 Å². The largest absolute Gasteiger partial charge is 0.369 e. The molecule has 1 aromatic heterocycles. The lowest BCUT2D eigenvalue weighted by molar-refractivity contribution is -0.0602. The highest BCUT2D eigenvalue weighted by atomic mass is 16.5. The van der Waals surface area contributed by atoms with Crippen LogP contribution in [0.5, 0.6) is 0 Å². The number of nitrogens with two attached hydrogens (primary N) is 1. The molecule has 1 aliphatic rings. The smallest absolute Gasteiger partial charge is 0.0808 e. The fraction of sp³-hybridized carbons (Fsp3) is 0.643. The van der Waals surface area contributed by atoms with E-state index in [-0.39, 0.29) is 5.60 Å².